The quantitative estimate of drug-likeness (QED) is 0.137. The van der Waals surface area contributed by atoms with Gasteiger partial charge in [0.05, 0.1) is 12.1 Å². The third-order valence-corrected chi connectivity index (χ3v) is 10.7. The van der Waals surface area contributed by atoms with Gasteiger partial charge < -0.3 is 10.6 Å². The SMILES string of the molecule is Cc1sc2c(c1C)C(c1ccc(Cl)cc1)=N[C@@H](CC(=O)NCCCCCNc1cc(-c3ccc4c(c3)CC(=O)C4)ccn1)c1nnc(C)n1-2.S. The van der Waals surface area contributed by atoms with E-state index in [-0.39, 0.29) is 31.6 Å². The first-order valence-corrected chi connectivity index (χ1v) is 17.9. The summed E-state index contributed by atoms with van der Waals surface area (Å²) in [6, 6.07) is 17.5. The lowest BCUT2D eigenvalue weighted by atomic mass is 9.99. The van der Waals surface area contributed by atoms with Crippen LogP contribution in [0.2, 0.25) is 5.02 Å². The molecule has 7 rings (SSSR count). The Morgan fingerprint density at radius 2 is 1.66 bits per heavy atom. The fourth-order valence-electron chi connectivity index (χ4n) is 6.59. The van der Waals surface area contributed by atoms with Gasteiger partial charge in [-0.3, -0.25) is 19.1 Å². The monoisotopic (exact) mass is 725 g/mol. The molecule has 50 heavy (non-hydrogen) atoms. The van der Waals surface area contributed by atoms with Crippen molar-refractivity contribution in [3.05, 3.63) is 110 Å². The van der Waals surface area contributed by atoms with Gasteiger partial charge >= 0.3 is 0 Å². The topological polar surface area (TPSA) is 114 Å². The number of thiophene rings is 1. The Hall–Kier alpha value is -4.32. The summed E-state index contributed by atoms with van der Waals surface area (Å²) in [5.41, 5.74) is 8.45. The van der Waals surface area contributed by atoms with E-state index in [1.54, 1.807) is 11.3 Å². The molecule has 0 unspecified atom stereocenters. The van der Waals surface area contributed by atoms with Crippen molar-refractivity contribution in [3.8, 4) is 16.1 Å². The van der Waals surface area contributed by atoms with Crippen LogP contribution in [0.5, 0.6) is 0 Å². The summed E-state index contributed by atoms with van der Waals surface area (Å²) < 4.78 is 2.07. The summed E-state index contributed by atoms with van der Waals surface area (Å²) in [5, 5.41) is 17.1. The van der Waals surface area contributed by atoms with E-state index < -0.39 is 6.04 Å². The summed E-state index contributed by atoms with van der Waals surface area (Å²) in [5.74, 6) is 2.49. The van der Waals surface area contributed by atoms with Gasteiger partial charge in [-0.05, 0) is 92.1 Å². The first-order valence-electron chi connectivity index (χ1n) is 16.7. The zero-order valence-electron chi connectivity index (χ0n) is 28.3. The van der Waals surface area contributed by atoms with E-state index in [0.29, 0.717) is 30.2 Å². The molecule has 0 saturated heterocycles. The first-order chi connectivity index (χ1) is 23.7. The summed E-state index contributed by atoms with van der Waals surface area (Å²) in [4.78, 5) is 36.0. The number of aliphatic imine (C=N–C) groups is 1. The number of benzene rings is 2. The number of pyridine rings is 1. The predicted molar refractivity (Wildman–Crippen MR) is 206 cm³/mol. The number of nitrogens with zero attached hydrogens (tertiary/aromatic N) is 5. The molecule has 0 saturated carbocycles. The van der Waals surface area contributed by atoms with Crippen LogP contribution >= 0.6 is 36.4 Å². The second kappa shape index (κ2) is 15.3. The smallest absolute Gasteiger partial charge is 0.222 e. The lowest BCUT2D eigenvalue weighted by molar-refractivity contribution is -0.121. The molecule has 12 heteroatoms. The summed E-state index contributed by atoms with van der Waals surface area (Å²) in [7, 11) is 0. The number of amides is 1. The highest BCUT2D eigenvalue weighted by atomic mass is 35.5. The summed E-state index contributed by atoms with van der Waals surface area (Å²) in [6.07, 6.45) is 5.83. The van der Waals surface area contributed by atoms with Gasteiger partial charge in [0.2, 0.25) is 5.91 Å². The number of carbonyl (C=O) groups is 2. The maximum atomic E-state index is 13.3. The van der Waals surface area contributed by atoms with Crippen LogP contribution in [-0.2, 0) is 22.4 Å². The molecule has 258 valence electrons. The van der Waals surface area contributed by atoms with Crippen molar-refractivity contribution in [2.24, 2.45) is 4.99 Å². The van der Waals surface area contributed by atoms with E-state index in [9.17, 15) is 9.59 Å². The minimum Gasteiger partial charge on any atom is -0.370 e. The highest BCUT2D eigenvalue weighted by molar-refractivity contribution is 7.59. The second-order valence-electron chi connectivity index (χ2n) is 12.8. The molecule has 4 heterocycles. The third kappa shape index (κ3) is 7.40. The average Bonchev–Trinajstić information content (AvgIpc) is 3.73. The van der Waals surface area contributed by atoms with Gasteiger partial charge in [0.1, 0.15) is 28.5 Å². The van der Waals surface area contributed by atoms with Crippen LogP contribution in [0.4, 0.5) is 5.82 Å². The van der Waals surface area contributed by atoms with Gasteiger partial charge in [0, 0.05) is 53.2 Å². The number of hydrogen-bond donors (Lipinski definition) is 2. The molecular weight excluding hydrogens is 686 g/mol. The number of rotatable bonds is 11. The van der Waals surface area contributed by atoms with Gasteiger partial charge in [0.25, 0.3) is 0 Å². The first kappa shape index (κ1) is 35.5. The Bertz CT molecular complexity index is 2090. The highest BCUT2D eigenvalue weighted by Crippen LogP contribution is 2.39. The van der Waals surface area contributed by atoms with E-state index in [1.165, 1.54) is 4.88 Å². The largest absolute Gasteiger partial charge is 0.370 e. The molecule has 2 aliphatic rings. The van der Waals surface area contributed by atoms with E-state index in [0.717, 1.165) is 87.1 Å². The molecule has 5 aromatic rings. The number of carbonyl (C=O) groups excluding carboxylic acids is 2. The normalized spacial score (nSPS) is 14.6. The number of nitrogens with one attached hydrogen (secondary N) is 2. The number of fused-ring (bicyclic) bond motifs is 4. The van der Waals surface area contributed by atoms with Crippen LogP contribution in [0.15, 0.2) is 65.8 Å². The molecule has 0 radical (unpaired) electrons. The highest BCUT2D eigenvalue weighted by Gasteiger charge is 2.32. The molecule has 9 nitrogen and oxygen atoms in total. The standard InChI is InChI=1S/C38H38ClN7O2S.H2S/c1-22-23(2)49-38-35(22)36(25-9-11-30(39)12-10-25)43-32(37-45-44-24(3)46(37)38)21-34(48)42-15-6-4-5-14-40-33-20-28(13-16-41-33)26-7-8-27-18-31(47)19-29(27)17-26;/h7-13,16-17,20,32H,4-6,14-15,18-19,21H2,1-3H3,(H,40,41)(H,42,48);1H2/t32-;/m0./s1. The van der Waals surface area contributed by atoms with Gasteiger partial charge in [-0.15, -0.1) is 21.5 Å². The Balaban J connectivity index is 0.00000432. The molecule has 0 spiro atoms. The van der Waals surface area contributed by atoms with E-state index in [2.05, 4.69) is 68.5 Å². The minimum absolute atomic E-state index is 0. The van der Waals surface area contributed by atoms with E-state index >= 15 is 0 Å². The van der Waals surface area contributed by atoms with Crippen LogP contribution in [0.3, 0.4) is 0 Å². The van der Waals surface area contributed by atoms with Gasteiger partial charge in [-0.1, -0.05) is 41.9 Å². The van der Waals surface area contributed by atoms with Gasteiger partial charge in [-0.25, -0.2) is 4.98 Å². The molecule has 2 aromatic carbocycles. The maximum absolute atomic E-state index is 13.3. The summed E-state index contributed by atoms with van der Waals surface area (Å²) in [6.45, 7) is 7.54. The van der Waals surface area contributed by atoms with Crippen molar-refractivity contribution in [1.82, 2.24) is 25.1 Å². The van der Waals surface area contributed by atoms with Crippen LogP contribution in [-0.4, -0.2) is 50.2 Å². The van der Waals surface area contributed by atoms with Crippen molar-refractivity contribution in [1.29, 1.82) is 0 Å². The number of halogens is 1. The minimum atomic E-state index is -0.488. The Kier molecular flexibility index (Phi) is 10.9. The number of anilines is 1. The fraction of sp³-hybridized carbons (Fsp3) is 0.316. The van der Waals surface area contributed by atoms with Crippen molar-refractivity contribution in [3.63, 3.8) is 0 Å². The number of aryl methyl sites for hydroxylation is 2. The number of aromatic nitrogens is 4. The van der Waals surface area contributed by atoms with E-state index in [1.807, 2.05) is 43.5 Å². The number of ketones is 1. The van der Waals surface area contributed by atoms with Gasteiger partial charge in [-0.2, -0.15) is 13.5 Å². The lowest BCUT2D eigenvalue weighted by Gasteiger charge is -2.13. The fourth-order valence-corrected chi connectivity index (χ4v) is 7.93. The van der Waals surface area contributed by atoms with Crippen molar-refractivity contribution in [2.75, 3.05) is 18.4 Å². The lowest BCUT2D eigenvalue weighted by Crippen LogP contribution is -2.26. The van der Waals surface area contributed by atoms with Crippen molar-refractivity contribution in [2.45, 2.75) is 65.3 Å². The number of unbranched alkanes of at least 4 members (excludes halogenated alkanes) is 2. The number of hydrogen-bond acceptors (Lipinski definition) is 8. The molecule has 0 fully saturated rings. The Morgan fingerprint density at radius 1 is 0.920 bits per heavy atom. The summed E-state index contributed by atoms with van der Waals surface area (Å²) >= 11 is 7.92. The third-order valence-electron chi connectivity index (χ3n) is 9.29. The zero-order valence-corrected chi connectivity index (χ0v) is 30.9. The molecule has 1 aliphatic carbocycles. The molecule has 1 atom stereocenters. The Labute approximate surface area is 308 Å². The zero-order chi connectivity index (χ0) is 34.1. The molecule has 2 N–H and O–H groups in total. The molecule has 1 amide bonds. The molecule has 3 aromatic heterocycles. The average molecular weight is 726 g/mol. The maximum Gasteiger partial charge on any atom is 0.222 e. The van der Waals surface area contributed by atoms with Crippen LogP contribution in [0.25, 0.3) is 16.1 Å². The molecular formula is C38H40ClN7O2S2. The van der Waals surface area contributed by atoms with Crippen molar-refractivity contribution < 1.29 is 9.59 Å². The van der Waals surface area contributed by atoms with Crippen LogP contribution < -0.4 is 10.6 Å². The Morgan fingerprint density at radius 3 is 2.48 bits per heavy atom. The molecule has 1 aliphatic heterocycles. The van der Waals surface area contributed by atoms with Crippen LogP contribution in [0, 0.1) is 20.8 Å². The molecule has 0 bridgehead atoms. The number of Topliss-reactive ketones (excluding diaryl/α,β-unsaturated/α-hetero) is 1. The second-order valence-corrected chi connectivity index (χ2v) is 14.4. The van der Waals surface area contributed by atoms with Crippen molar-refractivity contribution >= 4 is 59.7 Å². The van der Waals surface area contributed by atoms with Crippen LogP contribution in [0.1, 0.15) is 76.1 Å². The van der Waals surface area contributed by atoms with Gasteiger partial charge in [0.15, 0.2) is 5.82 Å². The van der Waals surface area contributed by atoms with E-state index in [4.69, 9.17) is 16.6 Å². The predicted octanol–water partition coefficient (Wildman–Crippen LogP) is 7.43.